The van der Waals surface area contributed by atoms with E-state index in [-0.39, 0.29) is 5.57 Å². The molecule has 1 amide bonds. The second-order valence-corrected chi connectivity index (χ2v) is 6.97. The summed E-state index contributed by atoms with van der Waals surface area (Å²) in [4.78, 5) is 24.9. The highest BCUT2D eigenvalue weighted by atomic mass is 32.1. The van der Waals surface area contributed by atoms with Gasteiger partial charge in [-0.05, 0) is 17.5 Å². The topological polar surface area (TPSA) is 144 Å². The fourth-order valence-electron chi connectivity index (χ4n) is 2.67. The van der Waals surface area contributed by atoms with Gasteiger partial charge in [0.15, 0.2) is 0 Å². The summed E-state index contributed by atoms with van der Waals surface area (Å²) in [5, 5.41) is 18.0. The van der Waals surface area contributed by atoms with Crippen molar-refractivity contribution in [1.82, 2.24) is 20.1 Å². The molecular formula is C19H13N7O2S. The van der Waals surface area contributed by atoms with Gasteiger partial charge in [-0.2, -0.15) is 10.2 Å². The van der Waals surface area contributed by atoms with Crippen LogP contribution in [-0.2, 0) is 4.79 Å². The van der Waals surface area contributed by atoms with E-state index in [1.807, 2.05) is 30.3 Å². The van der Waals surface area contributed by atoms with Crippen LogP contribution in [0.4, 0.5) is 5.82 Å². The van der Waals surface area contributed by atoms with E-state index in [0.29, 0.717) is 27.4 Å². The Morgan fingerprint density at radius 3 is 2.90 bits per heavy atom. The number of benzene rings is 1. The van der Waals surface area contributed by atoms with Gasteiger partial charge in [-0.25, -0.2) is 9.97 Å². The SMILES string of the molecule is Cc1nc(-c2ccc3ccnc(NC=C(C(N)=O)c4ncc(C#N)s4)c3c2)no1. The largest absolute Gasteiger partial charge is 0.365 e. The van der Waals surface area contributed by atoms with Crippen LogP contribution < -0.4 is 11.1 Å². The molecule has 4 aromatic rings. The number of amides is 1. The Balaban J connectivity index is 1.73. The van der Waals surface area contributed by atoms with Gasteiger partial charge in [0.05, 0.1) is 11.8 Å². The first-order valence-electron chi connectivity index (χ1n) is 8.37. The minimum Gasteiger partial charge on any atom is -0.365 e. The summed E-state index contributed by atoms with van der Waals surface area (Å²) in [7, 11) is 0. The number of carbonyl (C=O) groups excluding carboxylic acids is 1. The van der Waals surface area contributed by atoms with Gasteiger partial charge in [-0.1, -0.05) is 17.3 Å². The zero-order valence-corrected chi connectivity index (χ0v) is 15.9. The van der Waals surface area contributed by atoms with Gasteiger partial charge in [0.25, 0.3) is 5.91 Å². The van der Waals surface area contributed by atoms with Crippen molar-refractivity contribution in [2.45, 2.75) is 6.92 Å². The summed E-state index contributed by atoms with van der Waals surface area (Å²) in [6, 6.07) is 9.54. The van der Waals surface area contributed by atoms with Crippen LogP contribution in [-0.4, -0.2) is 26.0 Å². The molecule has 142 valence electrons. The van der Waals surface area contributed by atoms with Gasteiger partial charge in [-0.3, -0.25) is 4.79 Å². The molecule has 0 radical (unpaired) electrons. The molecule has 3 heterocycles. The number of hydrogen-bond acceptors (Lipinski definition) is 9. The van der Waals surface area contributed by atoms with E-state index in [9.17, 15) is 4.79 Å². The van der Waals surface area contributed by atoms with E-state index in [1.54, 1.807) is 13.1 Å². The molecule has 1 aromatic carbocycles. The number of anilines is 1. The van der Waals surface area contributed by atoms with Crippen LogP contribution in [0.1, 0.15) is 15.8 Å². The van der Waals surface area contributed by atoms with Gasteiger partial charge >= 0.3 is 0 Å². The average Bonchev–Trinajstić information content (AvgIpc) is 3.37. The van der Waals surface area contributed by atoms with Crippen LogP contribution in [0, 0.1) is 18.3 Å². The van der Waals surface area contributed by atoms with Crippen LogP contribution in [0.3, 0.4) is 0 Å². The highest BCUT2D eigenvalue weighted by Crippen LogP contribution is 2.27. The second kappa shape index (κ2) is 7.49. The predicted octanol–water partition coefficient (Wildman–Crippen LogP) is 2.86. The second-order valence-electron chi connectivity index (χ2n) is 5.94. The third-order valence-electron chi connectivity index (χ3n) is 4.02. The number of carbonyl (C=O) groups is 1. The first-order chi connectivity index (χ1) is 14.0. The summed E-state index contributed by atoms with van der Waals surface area (Å²) in [6.07, 6.45) is 4.49. The van der Waals surface area contributed by atoms with Crippen LogP contribution in [0.5, 0.6) is 0 Å². The molecule has 0 aliphatic heterocycles. The number of nitrogens with zero attached hydrogens (tertiary/aromatic N) is 5. The number of aryl methyl sites for hydroxylation is 1. The quantitative estimate of drug-likeness (QED) is 0.484. The molecule has 0 aliphatic carbocycles. The molecular weight excluding hydrogens is 390 g/mol. The van der Waals surface area contributed by atoms with Crippen LogP contribution in [0.25, 0.3) is 27.7 Å². The molecule has 0 saturated carbocycles. The molecule has 0 aliphatic rings. The van der Waals surface area contributed by atoms with Crippen molar-refractivity contribution in [2.75, 3.05) is 5.32 Å². The Morgan fingerprint density at radius 2 is 2.21 bits per heavy atom. The van der Waals surface area contributed by atoms with Crippen LogP contribution >= 0.6 is 11.3 Å². The van der Waals surface area contributed by atoms with Gasteiger partial charge < -0.3 is 15.6 Å². The van der Waals surface area contributed by atoms with E-state index in [0.717, 1.165) is 27.7 Å². The lowest BCUT2D eigenvalue weighted by Crippen LogP contribution is -2.14. The van der Waals surface area contributed by atoms with Crippen molar-refractivity contribution in [3.63, 3.8) is 0 Å². The summed E-state index contributed by atoms with van der Waals surface area (Å²) in [5.41, 5.74) is 6.41. The monoisotopic (exact) mass is 403 g/mol. The molecule has 0 spiro atoms. The minimum absolute atomic E-state index is 0.153. The van der Waals surface area contributed by atoms with Crippen molar-refractivity contribution in [2.24, 2.45) is 5.73 Å². The molecule has 29 heavy (non-hydrogen) atoms. The maximum atomic E-state index is 11.9. The fourth-order valence-corrected chi connectivity index (χ4v) is 3.40. The molecule has 4 rings (SSSR count). The lowest BCUT2D eigenvalue weighted by atomic mass is 10.1. The van der Waals surface area contributed by atoms with E-state index in [4.69, 9.17) is 15.5 Å². The number of aromatic nitrogens is 4. The van der Waals surface area contributed by atoms with Crippen LogP contribution in [0.2, 0.25) is 0 Å². The molecule has 0 atom stereocenters. The number of rotatable bonds is 5. The smallest absolute Gasteiger partial charge is 0.253 e. The fraction of sp³-hybridized carbons (Fsp3) is 0.0526. The van der Waals surface area contributed by atoms with Crippen molar-refractivity contribution >= 4 is 39.4 Å². The number of nitriles is 1. The zero-order chi connectivity index (χ0) is 20.4. The first-order valence-corrected chi connectivity index (χ1v) is 9.19. The molecule has 3 aromatic heterocycles. The highest BCUT2D eigenvalue weighted by Gasteiger charge is 2.14. The van der Waals surface area contributed by atoms with E-state index >= 15 is 0 Å². The lowest BCUT2D eigenvalue weighted by molar-refractivity contribution is -0.112. The summed E-state index contributed by atoms with van der Waals surface area (Å²) in [6.45, 7) is 1.72. The average molecular weight is 403 g/mol. The molecule has 0 saturated heterocycles. The number of nitrogens with two attached hydrogens (primary N) is 1. The molecule has 0 fully saturated rings. The summed E-state index contributed by atoms with van der Waals surface area (Å²) < 4.78 is 5.04. The van der Waals surface area contributed by atoms with Gasteiger partial charge in [-0.15, -0.1) is 11.3 Å². The molecule has 9 nitrogen and oxygen atoms in total. The summed E-state index contributed by atoms with van der Waals surface area (Å²) in [5.74, 6) is 0.790. The van der Waals surface area contributed by atoms with E-state index in [2.05, 4.69) is 25.4 Å². The Kier molecular flexibility index (Phi) is 4.72. The first kappa shape index (κ1) is 18.3. The van der Waals surface area contributed by atoms with E-state index in [1.165, 1.54) is 12.4 Å². The Morgan fingerprint density at radius 1 is 1.34 bits per heavy atom. The maximum Gasteiger partial charge on any atom is 0.253 e. The molecule has 0 bridgehead atoms. The van der Waals surface area contributed by atoms with Crippen molar-refractivity contribution in [3.05, 3.63) is 58.6 Å². The normalized spacial score (nSPS) is 11.4. The maximum absolute atomic E-state index is 11.9. The van der Waals surface area contributed by atoms with Gasteiger partial charge in [0.2, 0.25) is 11.7 Å². The minimum atomic E-state index is -0.667. The van der Waals surface area contributed by atoms with Gasteiger partial charge in [0, 0.05) is 30.3 Å². The Hall–Kier alpha value is -4.10. The van der Waals surface area contributed by atoms with Crippen molar-refractivity contribution in [3.8, 4) is 17.5 Å². The van der Waals surface area contributed by atoms with E-state index < -0.39 is 5.91 Å². The molecule has 3 N–H and O–H groups in total. The predicted molar refractivity (Wildman–Crippen MR) is 107 cm³/mol. The van der Waals surface area contributed by atoms with Crippen molar-refractivity contribution < 1.29 is 9.32 Å². The number of fused-ring (bicyclic) bond motifs is 1. The molecule has 10 heteroatoms. The highest BCUT2D eigenvalue weighted by molar-refractivity contribution is 7.13. The number of pyridine rings is 1. The number of primary amides is 1. The Labute approximate surface area is 168 Å². The Bertz CT molecular complexity index is 1300. The summed E-state index contributed by atoms with van der Waals surface area (Å²) >= 11 is 1.08. The third kappa shape index (κ3) is 3.67. The van der Waals surface area contributed by atoms with Crippen LogP contribution in [0.15, 0.2) is 47.4 Å². The standard InChI is InChI=1S/C19H13N7O2S/c1-10-25-17(26-28-10)12-3-2-11-4-5-22-18(14(11)6-12)23-9-15(16(21)27)19-24-8-13(7-20)29-19/h2-6,8-9H,1H3,(H2,21,27)(H,22,23). The lowest BCUT2D eigenvalue weighted by Gasteiger charge is -2.07. The third-order valence-corrected chi connectivity index (χ3v) is 4.95. The molecule has 0 unspecified atom stereocenters. The zero-order valence-electron chi connectivity index (χ0n) is 15.1. The van der Waals surface area contributed by atoms with Gasteiger partial charge in [0.1, 0.15) is 21.8 Å². The van der Waals surface area contributed by atoms with Crippen molar-refractivity contribution in [1.29, 1.82) is 5.26 Å². The number of thiazole rings is 1. The number of nitrogens with one attached hydrogen (secondary N) is 1. The number of hydrogen-bond donors (Lipinski definition) is 2.